The van der Waals surface area contributed by atoms with Gasteiger partial charge in [-0.15, -0.1) is 0 Å². The van der Waals surface area contributed by atoms with Crippen LogP contribution in [0.5, 0.6) is 11.5 Å². The van der Waals surface area contributed by atoms with E-state index in [9.17, 15) is 0 Å². The summed E-state index contributed by atoms with van der Waals surface area (Å²) < 4.78 is 10.6. The van der Waals surface area contributed by atoms with Crippen molar-refractivity contribution < 1.29 is 9.47 Å². The molecule has 0 atom stereocenters. The molecule has 2 rings (SSSR count). The molecule has 0 amide bonds. The van der Waals surface area contributed by atoms with Crippen molar-refractivity contribution in [1.29, 1.82) is 0 Å². The summed E-state index contributed by atoms with van der Waals surface area (Å²) in [4.78, 5) is 0. The zero-order chi connectivity index (χ0) is 10.7. The van der Waals surface area contributed by atoms with Crippen LogP contribution >= 0.6 is 0 Å². The zero-order valence-corrected chi connectivity index (χ0v) is 8.88. The van der Waals surface area contributed by atoms with E-state index in [0.717, 1.165) is 35.7 Å². The lowest BCUT2D eigenvalue weighted by Gasteiger charge is -2.09. The summed E-state index contributed by atoms with van der Waals surface area (Å²) in [6, 6.07) is 3.97. The van der Waals surface area contributed by atoms with Gasteiger partial charge in [0, 0.05) is 18.3 Å². The predicted molar refractivity (Wildman–Crippen MR) is 59.5 cm³/mol. The molecule has 82 valence electrons. The molecule has 4 heteroatoms. The van der Waals surface area contributed by atoms with Crippen molar-refractivity contribution in [2.75, 3.05) is 25.2 Å². The van der Waals surface area contributed by atoms with E-state index in [1.807, 2.05) is 19.1 Å². The summed E-state index contributed by atoms with van der Waals surface area (Å²) in [5.41, 5.74) is 7.69. The van der Waals surface area contributed by atoms with E-state index < -0.39 is 0 Å². The maximum atomic E-state index is 5.44. The zero-order valence-electron chi connectivity index (χ0n) is 8.88. The van der Waals surface area contributed by atoms with E-state index >= 15 is 0 Å². The third-order valence-electron chi connectivity index (χ3n) is 2.42. The Hall–Kier alpha value is -1.42. The third kappa shape index (κ3) is 2.15. The second kappa shape index (κ2) is 4.40. The van der Waals surface area contributed by atoms with Crippen molar-refractivity contribution in [3.05, 3.63) is 17.7 Å². The Morgan fingerprint density at radius 1 is 1.33 bits per heavy atom. The molecule has 0 fully saturated rings. The molecule has 0 bridgehead atoms. The highest BCUT2D eigenvalue weighted by Crippen LogP contribution is 2.36. The second-order valence-corrected chi connectivity index (χ2v) is 3.59. The van der Waals surface area contributed by atoms with Gasteiger partial charge in [-0.25, -0.2) is 0 Å². The molecule has 0 radical (unpaired) electrons. The molecule has 1 aliphatic rings. The molecular weight excluding hydrogens is 192 g/mol. The minimum absolute atomic E-state index is 0.320. The largest absolute Gasteiger partial charge is 0.454 e. The molecule has 0 spiro atoms. The number of anilines is 1. The molecule has 0 saturated carbocycles. The second-order valence-electron chi connectivity index (χ2n) is 3.59. The average molecular weight is 208 g/mol. The maximum absolute atomic E-state index is 5.44. The number of fused-ring (bicyclic) bond motifs is 1. The molecule has 1 aromatic rings. The van der Waals surface area contributed by atoms with Crippen LogP contribution < -0.4 is 20.5 Å². The molecule has 15 heavy (non-hydrogen) atoms. The average Bonchev–Trinajstić information content (AvgIpc) is 2.65. The van der Waals surface area contributed by atoms with E-state index in [1.54, 1.807) is 0 Å². The molecule has 1 heterocycles. The van der Waals surface area contributed by atoms with E-state index in [4.69, 9.17) is 15.2 Å². The number of rotatable bonds is 4. The van der Waals surface area contributed by atoms with E-state index in [-0.39, 0.29) is 0 Å². The smallest absolute Gasteiger partial charge is 0.231 e. The van der Waals surface area contributed by atoms with Crippen molar-refractivity contribution >= 4 is 5.69 Å². The van der Waals surface area contributed by atoms with Gasteiger partial charge < -0.3 is 20.5 Å². The van der Waals surface area contributed by atoms with Gasteiger partial charge in [-0.1, -0.05) is 0 Å². The molecule has 0 unspecified atom stereocenters. The van der Waals surface area contributed by atoms with Crippen LogP contribution in [0.1, 0.15) is 12.0 Å². The number of nitrogens with one attached hydrogen (secondary N) is 1. The fourth-order valence-electron chi connectivity index (χ4n) is 1.56. The van der Waals surface area contributed by atoms with Crippen LogP contribution in [0.3, 0.4) is 0 Å². The van der Waals surface area contributed by atoms with Crippen LogP contribution in [0, 0.1) is 6.92 Å². The van der Waals surface area contributed by atoms with Gasteiger partial charge >= 0.3 is 0 Å². The first-order valence-corrected chi connectivity index (χ1v) is 5.15. The van der Waals surface area contributed by atoms with Crippen LogP contribution in [-0.2, 0) is 0 Å². The molecule has 0 aliphatic carbocycles. The van der Waals surface area contributed by atoms with Crippen molar-refractivity contribution in [3.63, 3.8) is 0 Å². The Morgan fingerprint density at radius 2 is 2.07 bits per heavy atom. The fraction of sp³-hybridized carbons (Fsp3) is 0.455. The first-order valence-electron chi connectivity index (χ1n) is 5.15. The van der Waals surface area contributed by atoms with Gasteiger partial charge in [-0.3, -0.25) is 0 Å². The number of aryl methyl sites for hydroxylation is 1. The van der Waals surface area contributed by atoms with Gasteiger partial charge in [0.15, 0.2) is 11.5 Å². The van der Waals surface area contributed by atoms with Gasteiger partial charge in [-0.2, -0.15) is 0 Å². The number of hydrogen-bond acceptors (Lipinski definition) is 4. The normalized spacial score (nSPS) is 12.9. The number of ether oxygens (including phenoxy) is 2. The fourth-order valence-corrected chi connectivity index (χ4v) is 1.56. The van der Waals surface area contributed by atoms with Crippen molar-refractivity contribution in [2.24, 2.45) is 5.73 Å². The Bertz CT molecular complexity index is 353. The Morgan fingerprint density at radius 3 is 2.80 bits per heavy atom. The van der Waals surface area contributed by atoms with E-state index in [0.29, 0.717) is 13.3 Å². The molecule has 3 N–H and O–H groups in total. The molecule has 1 aliphatic heterocycles. The minimum Gasteiger partial charge on any atom is -0.454 e. The lowest BCUT2D eigenvalue weighted by atomic mass is 10.1. The lowest BCUT2D eigenvalue weighted by molar-refractivity contribution is 0.174. The topological polar surface area (TPSA) is 56.5 Å². The lowest BCUT2D eigenvalue weighted by Crippen LogP contribution is -2.09. The van der Waals surface area contributed by atoms with E-state index in [1.165, 1.54) is 0 Å². The summed E-state index contributed by atoms with van der Waals surface area (Å²) >= 11 is 0. The van der Waals surface area contributed by atoms with Gasteiger partial charge in [0.05, 0.1) is 0 Å². The standard InChI is InChI=1S/C11H16N2O2/c1-8-5-10-11(15-7-14-10)6-9(8)13-4-2-3-12/h5-6,13H,2-4,7,12H2,1H3. The molecular formula is C11H16N2O2. The van der Waals surface area contributed by atoms with Crippen LogP contribution in [0.25, 0.3) is 0 Å². The van der Waals surface area contributed by atoms with Gasteiger partial charge in [0.25, 0.3) is 0 Å². The summed E-state index contributed by atoms with van der Waals surface area (Å²) in [5.74, 6) is 1.65. The molecule has 1 aromatic carbocycles. The van der Waals surface area contributed by atoms with Gasteiger partial charge in [0.2, 0.25) is 6.79 Å². The number of hydrogen-bond donors (Lipinski definition) is 2. The molecule has 4 nitrogen and oxygen atoms in total. The van der Waals surface area contributed by atoms with Crippen LogP contribution in [-0.4, -0.2) is 19.9 Å². The van der Waals surface area contributed by atoms with Crippen molar-refractivity contribution in [3.8, 4) is 11.5 Å². The SMILES string of the molecule is Cc1cc2c(cc1NCCCN)OCO2. The molecule has 0 saturated heterocycles. The van der Waals surface area contributed by atoms with Crippen LogP contribution in [0.4, 0.5) is 5.69 Å². The summed E-state index contributed by atoms with van der Waals surface area (Å²) in [6.07, 6.45) is 0.966. The highest BCUT2D eigenvalue weighted by molar-refractivity contribution is 5.60. The Labute approximate surface area is 89.4 Å². The van der Waals surface area contributed by atoms with Gasteiger partial charge in [0.1, 0.15) is 0 Å². The maximum Gasteiger partial charge on any atom is 0.231 e. The minimum atomic E-state index is 0.320. The highest BCUT2D eigenvalue weighted by Gasteiger charge is 2.15. The number of nitrogens with two attached hydrogens (primary N) is 1. The highest BCUT2D eigenvalue weighted by atomic mass is 16.7. The summed E-state index contributed by atoms with van der Waals surface area (Å²) in [5, 5.41) is 3.33. The summed E-state index contributed by atoms with van der Waals surface area (Å²) in [6.45, 7) is 3.96. The quantitative estimate of drug-likeness (QED) is 0.736. The van der Waals surface area contributed by atoms with Crippen molar-refractivity contribution in [2.45, 2.75) is 13.3 Å². The monoisotopic (exact) mass is 208 g/mol. The Balaban J connectivity index is 2.10. The van der Waals surface area contributed by atoms with Crippen molar-refractivity contribution in [1.82, 2.24) is 0 Å². The predicted octanol–water partition coefficient (Wildman–Crippen LogP) is 1.48. The Kier molecular flexibility index (Phi) is 2.97. The number of benzene rings is 1. The first-order chi connectivity index (χ1) is 7.31. The van der Waals surface area contributed by atoms with E-state index in [2.05, 4.69) is 5.32 Å². The van der Waals surface area contributed by atoms with Crippen LogP contribution in [0.2, 0.25) is 0 Å². The molecule has 0 aromatic heterocycles. The third-order valence-corrected chi connectivity index (χ3v) is 2.42. The summed E-state index contributed by atoms with van der Waals surface area (Å²) in [7, 11) is 0. The first kappa shape index (κ1) is 10.1. The van der Waals surface area contributed by atoms with Gasteiger partial charge in [-0.05, 0) is 31.5 Å². The van der Waals surface area contributed by atoms with Crippen LogP contribution in [0.15, 0.2) is 12.1 Å².